The number of aromatic nitrogens is 3. The van der Waals surface area contributed by atoms with Gasteiger partial charge in [-0.25, -0.2) is 0 Å². The molecule has 1 heterocycles. The summed E-state index contributed by atoms with van der Waals surface area (Å²) in [5.74, 6) is 1.56. The highest BCUT2D eigenvalue weighted by atomic mass is 35.5. The van der Waals surface area contributed by atoms with Crippen molar-refractivity contribution in [3.05, 3.63) is 76.0 Å². The zero-order valence-electron chi connectivity index (χ0n) is 18.6. The van der Waals surface area contributed by atoms with Crippen molar-refractivity contribution in [3.8, 4) is 5.75 Å². The first-order valence-electron chi connectivity index (χ1n) is 10.5. The number of carbonyl (C=O) groups is 1. The van der Waals surface area contributed by atoms with Gasteiger partial charge in [0, 0.05) is 23.7 Å². The molecule has 0 saturated carbocycles. The Labute approximate surface area is 208 Å². The van der Waals surface area contributed by atoms with Crippen molar-refractivity contribution in [3.63, 3.8) is 0 Å². The third-order valence-electron chi connectivity index (χ3n) is 4.92. The largest absolute Gasteiger partial charge is 0.492 e. The topological polar surface area (TPSA) is 69.0 Å². The highest BCUT2D eigenvalue weighted by Crippen LogP contribution is 2.27. The van der Waals surface area contributed by atoms with Gasteiger partial charge in [0.25, 0.3) is 0 Å². The van der Waals surface area contributed by atoms with Gasteiger partial charge >= 0.3 is 0 Å². The number of allylic oxidation sites excluding steroid dienone is 1. The molecule has 1 aromatic heterocycles. The number of aryl methyl sites for hydroxylation is 3. The molecule has 1 amide bonds. The van der Waals surface area contributed by atoms with Gasteiger partial charge in [-0.3, -0.25) is 4.79 Å². The molecule has 174 valence electrons. The molecular weight excluding hydrogens is 479 g/mol. The lowest BCUT2D eigenvalue weighted by Crippen LogP contribution is -2.15. The van der Waals surface area contributed by atoms with Gasteiger partial charge in [-0.15, -0.1) is 16.8 Å². The van der Waals surface area contributed by atoms with Gasteiger partial charge in [0.1, 0.15) is 11.6 Å². The molecular formula is C24H26Cl2N4O2S. The molecule has 0 spiro atoms. The zero-order valence-corrected chi connectivity index (χ0v) is 20.9. The van der Waals surface area contributed by atoms with Crippen molar-refractivity contribution < 1.29 is 9.53 Å². The van der Waals surface area contributed by atoms with Crippen molar-refractivity contribution in [1.82, 2.24) is 14.8 Å². The summed E-state index contributed by atoms with van der Waals surface area (Å²) in [7, 11) is 0. The number of hydrogen-bond donors (Lipinski definition) is 1. The van der Waals surface area contributed by atoms with Gasteiger partial charge in [-0.2, -0.15) is 0 Å². The van der Waals surface area contributed by atoms with Crippen LogP contribution < -0.4 is 10.1 Å². The number of hydrogen-bond acceptors (Lipinski definition) is 5. The average molecular weight is 505 g/mol. The second kappa shape index (κ2) is 12.1. The Hall–Kier alpha value is -2.48. The lowest BCUT2D eigenvalue weighted by Gasteiger charge is -2.10. The Bertz CT molecular complexity index is 1130. The third-order valence-corrected chi connectivity index (χ3v) is 6.42. The van der Waals surface area contributed by atoms with Crippen LogP contribution in [-0.4, -0.2) is 33.0 Å². The summed E-state index contributed by atoms with van der Waals surface area (Å²) in [4.78, 5) is 12.4. The van der Waals surface area contributed by atoms with Gasteiger partial charge in [0.05, 0.1) is 17.4 Å². The van der Waals surface area contributed by atoms with E-state index in [4.69, 9.17) is 27.9 Å². The standard InChI is InChI=1S/C24H26Cl2N4O2S/c1-4-11-30-22(6-5-12-32-21-10-8-18(25)14-20(21)26)28-29-24(30)33-15-23(31)27-19-9-7-16(2)17(3)13-19/h4,7-10,13-14H,1,5-6,11-12,15H2,2-3H3,(H,27,31). The SMILES string of the molecule is C=CCn1c(CCCOc2ccc(Cl)cc2Cl)nnc1SCC(=O)Nc1ccc(C)c(C)c1. The van der Waals surface area contributed by atoms with E-state index in [2.05, 4.69) is 22.1 Å². The molecule has 2 aromatic carbocycles. The van der Waals surface area contributed by atoms with Crippen LogP contribution in [0, 0.1) is 13.8 Å². The number of nitrogens with zero attached hydrogens (tertiary/aromatic N) is 3. The summed E-state index contributed by atoms with van der Waals surface area (Å²) >= 11 is 13.4. The van der Waals surface area contributed by atoms with E-state index in [0.717, 1.165) is 23.5 Å². The molecule has 3 aromatic rings. The fourth-order valence-electron chi connectivity index (χ4n) is 3.07. The molecule has 0 aliphatic rings. The number of amides is 1. The predicted octanol–water partition coefficient (Wildman–Crippen LogP) is 6.13. The molecule has 1 N–H and O–H groups in total. The average Bonchev–Trinajstić information content (AvgIpc) is 3.15. The fraction of sp³-hybridized carbons (Fsp3) is 0.292. The first kappa shape index (κ1) is 25.1. The van der Waals surface area contributed by atoms with Crippen molar-refractivity contribution >= 4 is 46.6 Å². The predicted molar refractivity (Wildman–Crippen MR) is 136 cm³/mol. The number of thioether (sulfide) groups is 1. The van der Waals surface area contributed by atoms with E-state index >= 15 is 0 Å². The summed E-state index contributed by atoms with van der Waals surface area (Å²) in [5, 5.41) is 13.2. The monoisotopic (exact) mass is 504 g/mol. The van der Waals surface area contributed by atoms with E-state index in [1.807, 2.05) is 36.6 Å². The molecule has 0 aliphatic heterocycles. The third kappa shape index (κ3) is 7.25. The molecule has 0 aliphatic carbocycles. The van der Waals surface area contributed by atoms with Crippen LogP contribution in [0.15, 0.2) is 54.2 Å². The summed E-state index contributed by atoms with van der Waals surface area (Å²) in [6.07, 6.45) is 3.18. The zero-order chi connectivity index (χ0) is 23.8. The minimum Gasteiger partial charge on any atom is -0.492 e. The molecule has 9 heteroatoms. The second-order valence-corrected chi connectivity index (χ2v) is 9.25. The molecule has 0 bridgehead atoms. The quantitative estimate of drug-likeness (QED) is 0.193. The Morgan fingerprint density at radius 2 is 2.00 bits per heavy atom. The molecule has 0 fully saturated rings. The van der Waals surface area contributed by atoms with Gasteiger partial charge in [-0.1, -0.05) is 47.1 Å². The van der Waals surface area contributed by atoms with Gasteiger partial charge < -0.3 is 14.6 Å². The maximum absolute atomic E-state index is 12.4. The maximum Gasteiger partial charge on any atom is 0.234 e. The van der Waals surface area contributed by atoms with E-state index in [1.165, 1.54) is 17.3 Å². The number of halogens is 2. The van der Waals surface area contributed by atoms with Crippen molar-refractivity contribution in [2.24, 2.45) is 0 Å². The van der Waals surface area contributed by atoms with Crippen molar-refractivity contribution in [2.75, 3.05) is 17.7 Å². The lowest BCUT2D eigenvalue weighted by atomic mass is 10.1. The second-order valence-electron chi connectivity index (χ2n) is 7.46. The van der Waals surface area contributed by atoms with Gasteiger partial charge in [0.2, 0.25) is 5.91 Å². The fourth-order valence-corrected chi connectivity index (χ4v) is 4.30. The highest BCUT2D eigenvalue weighted by molar-refractivity contribution is 7.99. The smallest absolute Gasteiger partial charge is 0.234 e. The minimum absolute atomic E-state index is 0.0915. The van der Waals surface area contributed by atoms with Crippen molar-refractivity contribution in [2.45, 2.75) is 38.4 Å². The van der Waals surface area contributed by atoms with Crippen LogP contribution >= 0.6 is 35.0 Å². The number of benzene rings is 2. The Kier molecular flexibility index (Phi) is 9.23. The molecule has 0 radical (unpaired) electrons. The molecule has 33 heavy (non-hydrogen) atoms. The Morgan fingerprint density at radius 1 is 1.18 bits per heavy atom. The van der Waals surface area contributed by atoms with Gasteiger partial charge in [0.15, 0.2) is 5.16 Å². The van der Waals surface area contributed by atoms with Crippen LogP contribution in [0.5, 0.6) is 5.75 Å². The van der Waals surface area contributed by atoms with Crippen LogP contribution in [0.2, 0.25) is 10.0 Å². The molecule has 3 rings (SSSR count). The van der Waals surface area contributed by atoms with Crippen molar-refractivity contribution in [1.29, 1.82) is 0 Å². The first-order chi connectivity index (χ1) is 15.9. The Morgan fingerprint density at radius 3 is 2.73 bits per heavy atom. The van der Waals surface area contributed by atoms with Crippen LogP contribution in [0.1, 0.15) is 23.4 Å². The van der Waals surface area contributed by atoms with Crippen LogP contribution in [0.3, 0.4) is 0 Å². The number of anilines is 1. The molecule has 0 saturated heterocycles. The van der Waals surface area contributed by atoms with E-state index in [-0.39, 0.29) is 11.7 Å². The summed E-state index contributed by atoms with van der Waals surface area (Å²) in [6, 6.07) is 11.0. The summed E-state index contributed by atoms with van der Waals surface area (Å²) in [5.41, 5.74) is 3.12. The van der Waals surface area contributed by atoms with Crippen LogP contribution in [0.25, 0.3) is 0 Å². The molecule has 0 atom stereocenters. The van der Waals surface area contributed by atoms with E-state index in [9.17, 15) is 4.79 Å². The number of ether oxygens (including phenoxy) is 1. The lowest BCUT2D eigenvalue weighted by molar-refractivity contribution is -0.113. The number of carbonyl (C=O) groups excluding carboxylic acids is 1. The highest BCUT2D eigenvalue weighted by Gasteiger charge is 2.14. The Balaban J connectivity index is 1.53. The maximum atomic E-state index is 12.4. The van der Waals surface area contributed by atoms with Crippen LogP contribution in [-0.2, 0) is 17.8 Å². The minimum atomic E-state index is -0.0915. The van der Waals surface area contributed by atoms with Crippen LogP contribution in [0.4, 0.5) is 5.69 Å². The van der Waals surface area contributed by atoms with E-state index < -0.39 is 0 Å². The first-order valence-corrected chi connectivity index (χ1v) is 12.2. The van der Waals surface area contributed by atoms with Gasteiger partial charge in [-0.05, 0) is 61.7 Å². The van der Waals surface area contributed by atoms with E-state index in [1.54, 1.807) is 24.3 Å². The van der Waals surface area contributed by atoms with E-state index in [0.29, 0.717) is 40.5 Å². The normalized spacial score (nSPS) is 10.8. The number of rotatable bonds is 11. The number of nitrogens with one attached hydrogen (secondary N) is 1. The molecule has 0 unspecified atom stereocenters. The summed E-state index contributed by atoms with van der Waals surface area (Å²) < 4.78 is 7.71. The molecule has 6 nitrogen and oxygen atoms in total. The summed E-state index contributed by atoms with van der Waals surface area (Å²) in [6.45, 7) is 8.92.